The SMILES string of the molecule is CC1CNCCN1C(=O)Cc1ccc(OC(F)(F)F)cc1. The molecule has 1 atom stereocenters. The van der Waals surface area contributed by atoms with E-state index in [9.17, 15) is 18.0 Å². The van der Waals surface area contributed by atoms with Crippen molar-refractivity contribution in [2.75, 3.05) is 19.6 Å². The Kier molecular flexibility index (Phi) is 4.72. The summed E-state index contributed by atoms with van der Waals surface area (Å²) in [5, 5.41) is 3.20. The Hall–Kier alpha value is -1.76. The van der Waals surface area contributed by atoms with Crippen molar-refractivity contribution in [3.63, 3.8) is 0 Å². The van der Waals surface area contributed by atoms with Crippen LogP contribution in [0.1, 0.15) is 12.5 Å². The van der Waals surface area contributed by atoms with Crippen molar-refractivity contribution in [2.24, 2.45) is 0 Å². The van der Waals surface area contributed by atoms with Crippen LogP contribution in [-0.2, 0) is 11.2 Å². The van der Waals surface area contributed by atoms with Gasteiger partial charge in [-0.25, -0.2) is 0 Å². The van der Waals surface area contributed by atoms with E-state index in [1.165, 1.54) is 24.3 Å². The molecule has 1 aliphatic rings. The molecule has 21 heavy (non-hydrogen) atoms. The Morgan fingerprint density at radius 3 is 2.62 bits per heavy atom. The van der Waals surface area contributed by atoms with E-state index in [-0.39, 0.29) is 24.1 Å². The van der Waals surface area contributed by atoms with Crippen molar-refractivity contribution in [2.45, 2.75) is 25.7 Å². The lowest BCUT2D eigenvalue weighted by molar-refractivity contribution is -0.274. The predicted molar refractivity (Wildman–Crippen MR) is 70.9 cm³/mol. The molecule has 0 bridgehead atoms. The molecule has 0 radical (unpaired) electrons. The summed E-state index contributed by atoms with van der Waals surface area (Å²) in [6, 6.07) is 5.52. The number of rotatable bonds is 3. The third kappa shape index (κ3) is 4.63. The minimum Gasteiger partial charge on any atom is -0.406 e. The van der Waals surface area contributed by atoms with E-state index >= 15 is 0 Å². The van der Waals surface area contributed by atoms with Crippen molar-refractivity contribution >= 4 is 5.91 Å². The van der Waals surface area contributed by atoms with Crippen molar-refractivity contribution in [3.05, 3.63) is 29.8 Å². The maximum Gasteiger partial charge on any atom is 0.573 e. The Morgan fingerprint density at radius 2 is 2.05 bits per heavy atom. The molecule has 0 spiro atoms. The molecule has 1 unspecified atom stereocenters. The monoisotopic (exact) mass is 302 g/mol. The van der Waals surface area contributed by atoms with Gasteiger partial charge in [0.25, 0.3) is 0 Å². The maximum atomic E-state index is 12.2. The van der Waals surface area contributed by atoms with Crippen molar-refractivity contribution in [1.82, 2.24) is 10.2 Å². The first-order valence-electron chi connectivity index (χ1n) is 6.70. The minimum atomic E-state index is -4.70. The summed E-state index contributed by atoms with van der Waals surface area (Å²) >= 11 is 0. The number of nitrogens with one attached hydrogen (secondary N) is 1. The molecule has 1 heterocycles. The van der Waals surface area contributed by atoms with Crippen LogP contribution in [-0.4, -0.2) is 42.8 Å². The summed E-state index contributed by atoms with van der Waals surface area (Å²) in [6.07, 6.45) is -4.52. The smallest absolute Gasteiger partial charge is 0.406 e. The summed E-state index contributed by atoms with van der Waals surface area (Å²) in [5.74, 6) is -0.303. The van der Waals surface area contributed by atoms with Crippen LogP contribution in [0.25, 0.3) is 0 Å². The van der Waals surface area contributed by atoms with Crippen LogP contribution >= 0.6 is 0 Å². The quantitative estimate of drug-likeness (QED) is 0.928. The van der Waals surface area contributed by atoms with Gasteiger partial charge < -0.3 is 15.0 Å². The van der Waals surface area contributed by atoms with E-state index in [2.05, 4.69) is 10.1 Å². The summed E-state index contributed by atoms with van der Waals surface area (Å²) < 4.78 is 39.9. The zero-order valence-electron chi connectivity index (χ0n) is 11.6. The van der Waals surface area contributed by atoms with E-state index in [1.807, 2.05) is 6.92 Å². The molecule has 4 nitrogen and oxygen atoms in total. The molecule has 1 N–H and O–H groups in total. The number of nitrogens with zero attached hydrogens (tertiary/aromatic N) is 1. The molecule has 7 heteroatoms. The van der Waals surface area contributed by atoms with E-state index in [0.717, 1.165) is 13.1 Å². The zero-order valence-corrected chi connectivity index (χ0v) is 11.6. The maximum absolute atomic E-state index is 12.2. The normalized spacial score (nSPS) is 19.4. The molecule has 0 aromatic heterocycles. The minimum absolute atomic E-state index is 0.0199. The van der Waals surface area contributed by atoms with Crippen LogP contribution in [0, 0.1) is 0 Å². The lowest BCUT2D eigenvalue weighted by Gasteiger charge is -2.34. The first-order valence-corrected chi connectivity index (χ1v) is 6.70. The molecule has 1 fully saturated rings. The second-order valence-corrected chi connectivity index (χ2v) is 5.01. The second kappa shape index (κ2) is 6.34. The standard InChI is InChI=1S/C14H17F3N2O2/c1-10-9-18-6-7-19(10)13(20)8-11-2-4-12(5-3-11)21-14(15,16)17/h2-5,10,18H,6-9H2,1H3. The highest BCUT2D eigenvalue weighted by Gasteiger charge is 2.31. The average Bonchev–Trinajstić information content (AvgIpc) is 2.40. The molecule has 1 saturated heterocycles. The molecule has 1 amide bonds. The summed E-state index contributed by atoms with van der Waals surface area (Å²) in [4.78, 5) is 14.0. The molecule has 1 aliphatic heterocycles. The van der Waals surface area contributed by atoms with Gasteiger partial charge in [-0.3, -0.25) is 4.79 Å². The van der Waals surface area contributed by atoms with Gasteiger partial charge in [-0.15, -0.1) is 13.2 Å². The van der Waals surface area contributed by atoms with Crippen LogP contribution in [0.4, 0.5) is 13.2 Å². The highest BCUT2D eigenvalue weighted by Crippen LogP contribution is 2.23. The van der Waals surface area contributed by atoms with Gasteiger partial charge in [0, 0.05) is 25.7 Å². The number of alkyl halides is 3. The van der Waals surface area contributed by atoms with Gasteiger partial charge in [-0.05, 0) is 24.6 Å². The van der Waals surface area contributed by atoms with Gasteiger partial charge in [0.2, 0.25) is 5.91 Å². The number of hydrogen-bond acceptors (Lipinski definition) is 3. The van der Waals surface area contributed by atoms with Gasteiger partial charge >= 0.3 is 6.36 Å². The van der Waals surface area contributed by atoms with Crippen LogP contribution < -0.4 is 10.1 Å². The first-order chi connectivity index (χ1) is 9.85. The average molecular weight is 302 g/mol. The Morgan fingerprint density at radius 1 is 1.38 bits per heavy atom. The number of carbonyl (C=O) groups excluding carboxylic acids is 1. The lowest BCUT2D eigenvalue weighted by Crippen LogP contribution is -2.52. The second-order valence-electron chi connectivity index (χ2n) is 5.01. The van der Waals surface area contributed by atoms with Gasteiger partial charge in [0.15, 0.2) is 0 Å². The van der Waals surface area contributed by atoms with Crippen LogP contribution in [0.3, 0.4) is 0 Å². The van der Waals surface area contributed by atoms with Crippen molar-refractivity contribution in [1.29, 1.82) is 0 Å². The fraction of sp³-hybridized carbons (Fsp3) is 0.500. The number of carbonyl (C=O) groups is 1. The van der Waals surface area contributed by atoms with Crippen LogP contribution in [0.15, 0.2) is 24.3 Å². The van der Waals surface area contributed by atoms with E-state index in [1.54, 1.807) is 4.90 Å². The summed E-state index contributed by atoms with van der Waals surface area (Å²) in [5.41, 5.74) is 0.667. The van der Waals surface area contributed by atoms with Crippen LogP contribution in [0.2, 0.25) is 0 Å². The zero-order chi connectivity index (χ0) is 15.5. The van der Waals surface area contributed by atoms with Gasteiger partial charge in [-0.2, -0.15) is 0 Å². The third-order valence-corrected chi connectivity index (χ3v) is 3.33. The Balaban J connectivity index is 1.95. The molecule has 116 valence electrons. The summed E-state index contributed by atoms with van der Waals surface area (Å²) in [6.45, 7) is 4.12. The molecular weight excluding hydrogens is 285 g/mol. The van der Waals surface area contributed by atoms with Gasteiger partial charge in [0.1, 0.15) is 5.75 Å². The highest BCUT2D eigenvalue weighted by molar-refractivity contribution is 5.79. The van der Waals surface area contributed by atoms with Crippen molar-refractivity contribution < 1.29 is 22.7 Å². The summed E-state index contributed by atoms with van der Waals surface area (Å²) in [7, 11) is 0. The van der Waals surface area contributed by atoms with Crippen molar-refractivity contribution in [3.8, 4) is 5.75 Å². The van der Waals surface area contributed by atoms with Crippen LogP contribution in [0.5, 0.6) is 5.75 Å². The number of halogens is 3. The molecule has 0 aliphatic carbocycles. The number of amides is 1. The fourth-order valence-electron chi connectivity index (χ4n) is 2.30. The first kappa shape index (κ1) is 15.6. The number of ether oxygens (including phenoxy) is 1. The number of hydrogen-bond donors (Lipinski definition) is 1. The largest absolute Gasteiger partial charge is 0.573 e. The van der Waals surface area contributed by atoms with Gasteiger partial charge in [0.05, 0.1) is 6.42 Å². The molecule has 1 aromatic carbocycles. The van der Waals surface area contributed by atoms with E-state index in [0.29, 0.717) is 12.1 Å². The third-order valence-electron chi connectivity index (χ3n) is 3.33. The Labute approximate surface area is 120 Å². The number of benzene rings is 1. The molecular formula is C14H17F3N2O2. The molecule has 1 aromatic rings. The van der Waals surface area contributed by atoms with Gasteiger partial charge in [-0.1, -0.05) is 12.1 Å². The lowest BCUT2D eigenvalue weighted by atomic mass is 10.1. The molecule has 2 rings (SSSR count). The number of piperazine rings is 1. The Bertz CT molecular complexity index is 488. The topological polar surface area (TPSA) is 41.6 Å². The van der Waals surface area contributed by atoms with E-state index < -0.39 is 6.36 Å². The predicted octanol–water partition coefficient (Wildman–Crippen LogP) is 1.95. The fourth-order valence-corrected chi connectivity index (χ4v) is 2.30. The van der Waals surface area contributed by atoms with E-state index in [4.69, 9.17) is 0 Å². The molecule has 0 saturated carbocycles. The highest BCUT2D eigenvalue weighted by atomic mass is 19.4.